The summed E-state index contributed by atoms with van der Waals surface area (Å²) in [6, 6.07) is 4.30. The van der Waals surface area contributed by atoms with Gasteiger partial charge in [0, 0.05) is 25.9 Å². The third-order valence-corrected chi connectivity index (χ3v) is 3.31. The molecule has 1 fully saturated rings. The lowest BCUT2D eigenvalue weighted by molar-refractivity contribution is 0.0819. The van der Waals surface area contributed by atoms with E-state index in [0.717, 1.165) is 38.0 Å². The zero-order valence-electron chi connectivity index (χ0n) is 10.1. The molecule has 2 rings (SSSR count). The summed E-state index contributed by atoms with van der Waals surface area (Å²) in [5, 5.41) is 0. The van der Waals surface area contributed by atoms with E-state index in [9.17, 15) is 0 Å². The van der Waals surface area contributed by atoms with Gasteiger partial charge in [-0.25, -0.2) is 0 Å². The van der Waals surface area contributed by atoms with Crippen LogP contribution in [-0.4, -0.2) is 31.3 Å². The molecular weight excluding hydrogens is 200 g/mol. The SMILES string of the molecule is CCc1ccc(N2CCC(OC)CC2)cn1. The predicted molar refractivity (Wildman–Crippen MR) is 65.9 cm³/mol. The minimum atomic E-state index is 0.444. The van der Waals surface area contributed by atoms with Gasteiger partial charge in [0.1, 0.15) is 0 Å². The molecule has 16 heavy (non-hydrogen) atoms. The number of pyridine rings is 1. The van der Waals surface area contributed by atoms with Gasteiger partial charge < -0.3 is 9.64 Å². The normalized spacial score (nSPS) is 17.8. The Hall–Kier alpha value is -1.09. The summed E-state index contributed by atoms with van der Waals surface area (Å²) in [5.41, 5.74) is 2.40. The van der Waals surface area contributed by atoms with Gasteiger partial charge in [-0.3, -0.25) is 4.98 Å². The van der Waals surface area contributed by atoms with Gasteiger partial charge in [0.05, 0.1) is 18.0 Å². The van der Waals surface area contributed by atoms with E-state index in [1.165, 1.54) is 5.69 Å². The van der Waals surface area contributed by atoms with Crippen molar-refractivity contribution < 1.29 is 4.74 Å². The van der Waals surface area contributed by atoms with E-state index in [-0.39, 0.29) is 0 Å². The molecule has 0 atom stereocenters. The monoisotopic (exact) mass is 220 g/mol. The second-order valence-corrected chi connectivity index (χ2v) is 4.28. The molecule has 0 aliphatic carbocycles. The van der Waals surface area contributed by atoms with Gasteiger partial charge in [-0.05, 0) is 31.4 Å². The van der Waals surface area contributed by atoms with Crippen molar-refractivity contribution in [2.45, 2.75) is 32.3 Å². The summed E-state index contributed by atoms with van der Waals surface area (Å²) >= 11 is 0. The smallest absolute Gasteiger partial charge is 0.0605 e. The summed E-state index contributed by atoms with van der Waals surface area (Å²) < 4.78 is 5.37. The number of piperidine rings is 1. The first kappa shape index (κ1) is 11.4. The van der Waals surface area contributed by atoms with Crippen molar-refractivity contribution in [3.63, 3.8) is 0 Å². The third-order valence-electron chi connectivity index (χ3n) is 3.31. The van der Waals surface area contributed by atoms with Gasteiger partial charge >= 0.3 is 0 Å². The molecule has 1 saturated heterocycles. The van der Waals surface area contributed by atoms with E-state index in [2.05, 4.69) is 28.9 Å². The summed E-state index contributed by atoms with van der Waals surface area (Å²) in [4.78, 5) is 6.83. The zero-order chi connectivity index (χ0) is 11.4. The van der Waals surface area contributed by atoms with Gasteiger partial charge in [-0.15, -0.1) is 0 Å². The molecule has 0 spiro atoms. The van der Waals surface area contributed by atoms with E-state index in [4.69, 9.17) is 4.74 Å². The largest absolute Gasteiger partial charge is 0.381 e. The van der Waals surface area contributed by atoms with Crippen LogP contribution in [0.25, 0.3) is 0 Å². The maximum Gasteiger partial charge on any atom is 0.0605 e. The van der Waals surface area contributed by atoms with Crippen LogP contribution >= 0.6 is 0 Å². The molecule has 1 aliphatic rings. The fourth-order valence-electron chi connectivity index (χ4n) is 2.16. The molecule has 0 unspecified atom stereocenters. The molecule has 3 nitrogen and oxygen atoms in total. The van der Waals surface area contributed by atoms with Crippen molar-refractivity contribution >= 4 is 5.69 Å². The highest BCUT2D eigenvalue weighted by atomic mass is 16.5. The van der Waals surface area contributed by atoms with E-state index in [1.54, 1.807) is 7.11 Å². The number of hydrogen-bond acceptors (Lipinski definition) is 3. The van der Waals surface area contributed by atoms with Gasteiger partial charge in [0.15, 0.2) is 0 Å². The van der Waals surface area contributed by atoms with Crippen LogP contribution < -0.4 is 4.90 Å². The molecule has 88 valence electrons. The molecule has 0 radical (unpaired) electrons. The molecule has 0 saturated carbocycles. The maximum absolute atomic E-state index is 5.37. The Kier molecular flexibility index (Phi) is 3.78. The van der Waals surface area contributed by atoms with Gasteiger partial charge in [0.2, 0.25) is 0 Å². The highest BCUT2D eigenvalue weighted by molar-refractivity contribution is 5.44. The van der Waals surface area contributed by atoms with Gasteiger partial charge in [-0.1, -0.05) is 6.92 Å². The van der Waals surface area contributed by atoms with Crippen LogP contribution in [0.15, 0.2) is 18.3 Å². The van der Waals surface area contributed by atoms with Crippen LogP contribution in [0.5, 0.6) is 0 Å². The second kappa shape index (κ2) is 5.30. The molecular formula is C13H20N2O. The summed E-state index contributed by atoms with van der Waals surface area (Å²) in [7, 11) is 1.80. The molecule has 1 aliphatic heterocycles. The van der Waals surface area contributed by atoms with Crippen molar-refractivity contribution in [2.24, 2.45) is 0 Å². The summed E-state index contributed by atoms with van der Waals surface area (Å²) in [6.45, 7) is 4.28. The first-order valence-electron chi connectivity index (χ1n) is 6.06. The maximum atomic E-state index is 5.37. The quantitative estimate of drug-likeness (QED) is 0.781. The number of nitrogens with zero attached hydrogens (tertiary/aromatic N) is 2. The van der Waals surface area contributed by atoms with Crippen molar-refractivity contribution in [3.05, 3.63) is 24.0 Å². The number of aromatic nitrogens is 1. The van der Waals surface area contributed by atoms with Crippen LogP contribution in [0.4, 0.5) is 5.69 Å². The highest BCUT2D eigenvalue weighted by Gasteiger charge is 2.18. The Bertz CT molecular complexity index is 315. The fourth-order valence-corrected chi connectivity index (χ4v) is 2.16. The molecule has 3 heteroatoms. The predicted octanol–water partition coefficient (Wildman–Crippen LogP) is 2.26. The van der Waals surface area contributed by atoms with E-state index in [0.29, 0.717) is 6.10 Å². The average molecular weight is 220 g/mol. The Labute approximate surface area is 97.4 Å². The highest BCUT2D eigenvalue weighted by Crippen LogP contribution is 2.20. The number of aryl methyl sites for hydroxylation is 1. The van der Waals surface area contributed by atoms with Crippen LogP contribution in [0.1, 0.15) is 25.5 Å². The van der Waals surface area contributed by atoms with Crippen molar-refractivity contribution in [2.75, 3.05) is 25.1 Å². The average Bonchev–Trinajstić information content (AvgIpc) is 2.39. The third kappa shape index (κ3) is 2.53. The summed E-state index contributed by atoms with van der Waals surface area (Å²) in [5.74, 6) is 0. The Morgan fingerprint density at radius 3 is 2.62 bits per heavy atom. The summed E-state index contributed by atoms with van der Waals surface area (Å²) in [6.07, 6.45) is 5.68. The van der Waals surface area contributed by atoms with Crippen LogP contribution in [0.3, 0.4) is 0 Å². The number of hydrogen-bond donors (Lipinski definition) is 0. The molecule has 1 aromatic heterocycles. The van der Waals surface area contributed by atoms with Gasteiger partial charge in [0.25, 0.3) is 0 Å². The minimum absolute atomic E-state index is 0.444. The van der Waals surface area contributed by atoms with Crippen LogP contribution in [0.2, 0.25) is 0 Å². The lowest BCUT2D eigenvalue weighted by Crippen LogP contribution is -2.36. The van der Waals surface area contributed by atoms with Gasteiger partial charge in [-0.2, -0.15) is 0 Å². The molecule has 0 bridgehead atoms. The molecule has 0 N–H and O–H groups in total. The van der Waals surface area contributed by atoms with E-state index >= 15 is 0 Å². The Morgan fingerprint density at radius 1 is 1.38 bits per heavy atom. The first-order valence-corrected chi connectivity index (χ1v) is 6.06. The fraction of sp³-hybridized carbons (Fsp3) is 0.615. The van der Waals surface area contributed by atoms with E-state index < -0.39 is 0 Å². The van der Waals surface area contributed by atoms with E-state index in [1.807, 2.05) is 6.20 Å². The molecule has 1 aromatic rings. The Morgan fingerprint density at radius 2 is 2.12 bits per heavy atom. The number of rotatable bonds is 3. The van der Waals surface area contributed by atoms with Crippen molar-refractivity contribution in [1.29, 1.82) is 0 Å². The number of ether oxygens (including phenoxy) is 1. The number of methoxy groups -OCH3 is 1. The zero-order valence-corrected chi connectivity index (χ0v) is 10.1. The minimum Gasteiger partial charge on any atom is -0.381 e. The topological polar surface area (TPSA) is 25.4 Å². The first-order chi connectivity index (χ1) is 7.83. The standard InChI is InChI=1S/C13H20N2O/c1-3-11-4-5-12(10-14-11)15-8-6-13(16-2)7-9-15/h4-5,10,13H,3,6-9H2,1-2H3. The molecule has 0 amide bonds. The van der Waals surface area contributed by atoms with Crippen molar-refractivity contribution in [1.82, 2.24) is 4.98 Å². The van der Waals surface area contributed by atoms with Crippen LogP contribution in [0, 0.1) is 0 Å². The number of anilines is 1. The van der Waals surface area contributed by atoms with Crippen LogP contribution in [-0.2, 0) is 11.2 Å². The van der Waals surface area contributed by atoms with Crippen molar-refractivity contribution in [3.8, 4) is 0 Å². The Balaban J connectivity index is 1.97. The molecule has 2 heterocycles. The lowest BCUT2D eigenvalue weighted by atomic mass is 10.1. The molecule has 0 aromatic carbocycles. The lowest BCUT2D eigenvalue weighted by Gasteiger charge is -2.32. The second-order valence-electron chi connectivity index (χ2n) is 4.28.